The van der Waals surface area contributed by atoms with Gasteiger partial charge in [-0.15, -0.1) is 0 Å². The molecule has 1 aliphatic heterocycles. The normalized spacial score (nSPS) is 19.1. The van der Waals surface area contributed by atoms with Crippen LogP contribution in [0, 0.1) is 5.82 Å². The molecule has 0 unspecified atom stereocenters. The molecular weight excluding hydrogens is 337 g/mol. The smallest absolute Gasteiger partial charge is 0.274 e. The van der Waals surface area contributed by atoms with E-state index in [-0.39, 0.29) is 30.5 Å². The average Bonchev–Trinajstić information content (AvgIpc) is 2.92. The summed E-state index contributed by atoms with van der Waals surface area (Å²) in [6, 6.07) is 6.22. The second-order valence-corrected chi connectivity index (χ2v) is 6.63. The predicted molar refractivity (Wildman–Crippen MR) is 94.7 cm³/mol. The number of benzene rings is 1. The number of para-hydroxylation sites is 1. The first kappa shape index (κ1) is 18.4. The minimum absolute atomic E-state index is 0.0444. The fourth-order valence-corrected chi connectivity index (χ4v) is 3.35. The van der Waals surface area contributed by atoms with Crippen molar-refractivity contribution in [1.82, 2.24) is 14.7 Å². The lowest BCUT2D eigenvalue weighted by molar-refractivity contribution is -0.00906. The number of fused-ring (bicyclic) bond motifs is 1. The molecule has 7 heteroatoms. The number of aryl methyl sites for hydroxylation is 1. The van der Waals surface area contributed by atoms with E-state index in [1.807, 2.05) is 20.9 Å². The Morgan fingerprint density at radius 2 is 2.15 bits per heavy atom. The quantitative estimate of drug-likeness (QED) is 0.822. The van der Waals surface area contributed by atoms with Crippen LogP contribution in [-0.2, 0) is 18.2 Å². The number of rotatable bonds is 5. The molecule has 0 saturated heterocycles. The summed E-state index contributed by atoms with van der Waals surface area (Å²) in [5, 5.41) is 4.42. The van der Waals surface area contributed by atoms with Crippen LogP contribution in [-0.4, -0.2) is 46.9 Å². The third kappa shape index (κ3) is 3.58. The number of aromatic nitrogens is 2. The highest BCUT2D eigenvalue weighted by Crippen LogP contribution is 2.32. The van der Waals surface area contributed by atoms with Crippen molar-refractivity contribution < 1.29 is 18.7 Å². The van der Waals surface area contributed by atoms with Crippen LogP contribution in [0.1, 0.15) is 41.7 Å². The van der Waals surface area contributed by atoms with Crippen LogP contribution < -0.4 is 4.74 Å². The molecule has 1 aliphatic rings. The highest BCUT2D eigenvalue weighted by Gasteiger charge is 2.32. The maximum atomic E-state index is 13.6. The number of hydrogen-bond donors (Lipinski definition) is 0. The van der Waals surface area contributed by atoms with Gasteiger partial charge in [0.2, 0.25) is 0 Å². The van der Waals surface area contributed by atoms with Crippen LogP contribution in [0.15, 0.2) is 24.3 Å². The summed E-state index contributed by atoms with van der Waals surface area (Å²) >= 11 is 0. The minimum Gasteiger partial charge on any atom is -0.489 e. The third-order valence-electron chi connectivity index (χ3n) is 4.58. The van der Waals surface area contributed by atoms with E-state index in [1.165, 1.54) is 6.07 Å². The summed E-state index contributed by atoms with van der Waals surface area (Å²) in [6.07, 6.45) is 0.610. The van der Waals surface area contributed by atoms with Gasteiger partial charge in [0, 0.05) is 26.1 Å². The Balaban J connectivity index is 1.68. The summed E-state index contributed by atoms with van der Waals surface area (Å²) in [5.74, 6) is -0.396. The molecule has 0 N–H and O–H groups in total. The van der Waals surface area contributed by atoms with Crippen LogP contribution in [0.5, 0.6) is 5.75 Å². The van der Waals surface area contributed by atoms with Crippen LogP contribution >= 0.6 is 0 Å². The van der Waals surface area contributed by atoms with Gasteiger partial charge in [0.15, 0.2) is 17.3 Å². The van der Waals surface area contributed by atoms with Crippen LogP contribution in [0.4, 0.5) is 4.39 Å². The lowest BCUT2D eigenvalue weighted by Gasteiger charge is -2.26. The third-order valence-corrected chi connectivity index (χ3v) is 4.58. The zero-order chi connectivity index (χ0) is 18.8. The van der Waals surface area contributed by atoms with Gasteiger partial charge in [0.25, 0.3) is 5.91 Å². The summed E-state index contributed by atoms with van der Waals surface area (Å²) < 4.78 is 26.6. The maximum absolute atomic E-state index is 13.6. The number of amides is 1. The molecule has 140 valence electrons. The Morgan fingerprint density at radius 3 is 2.88 bits per heavy atom. The van der Waals surface area contributed by atoms with Crippen LogP contribution in [0.3, 0.4) is 0 Å². The Kier molecular flexibility index (Phi) is 5.27. The minimum atomic E-state index is -0.414. The molecule has 26 heavy (non-hydrogen) atoms. The molecule has 0 saturated carbocycles. The van der Waals surface area contributed by atoms with Crippen molar-refractivity contribution in [3.63, 3.8) is 0 Å². The van der Waals surface area contributed by atoms with Crippen molar-refractivity contribution in [2.24, 2.45) is 7.05 Å². The number of likely N-dealkylation sites (N-methyl/N-ethyl adjacent to an activating group) is 1. The summed E-state index contributed by atoms with van der Waals surface area (Å²) in [5.41, 5.74) is 2.35. The molecule has 2 aromatic rings. The number of carbonyl (C=O) groups excluding carboxylic acids is 1. The van der Waals surface area contributed by atoms with E-state index in [2.05, 4.69) is 5.10 Å². The molecule has 0 radical (unpaired) electrons. The van der Waals surface area contributed by atoms with Crippen molar-refractivity contribution in [1.29, 1.82) is 0 Å². The molecule has 0 aliphatic carbocycles. The van der Waals surface area contributed by atoms with E-state index in [4.69, 9.17) is 9.47 Å². The fourth-order valence-electron chi connectivity index (χ4n) is 3.35. The second kappa shape index (κ2) is 7.45. The largest absolute Gasteiger partial charge is 0.489 e. The molecular formula is C19H24FN3O3. The van der Waals surface area contributed by atoms with Crippen molar-refractivity contribution in [2.45, 2.75) is 32.5 Å². The van der Waals surface area contributed by atoms with E-state index in [9.17, 15) is 9.18 Å². The van der Waals surface area contributed by atoms with Crippen molar-refractivity contribution in [3.8, 4) is 5.75 Å². The number of hydrogen-bond acceptors (Lipinski definition) is 4. The maximum Gasteiger partial charge on any atom is 0.274 e. The lowest BCUT2D eigenvalue weighted by atomic mass is 9.99. The first-order valence-electron chi connectivity index (χ1n) is 8.72. The molecule has 1 aromatic carbocycles. The average molecular weight is 361 g/mol. The van der Waals surface area contributed by atoms with E-state index in [1.54, 1.807) is 34.8 Å². The molecule has 6 nitrogen and oxygen atoms in total. The molecule has 0 spiro atoms. The predicted octanol–water partition coefficient (Wildman–Crippen LogP) is 2.73. The first-order chi connectivity index (χ1) is 12.4. The van der Waals surface area contributed by atoms with E-state index in [0.717, 1.165) is 11.3 Å². The van der Waals surface area contributed by atoms with Gasteiger partial charge in [-0.2, -0.15) is 5.10 Å². The van der Waals surface area contributed by atoms with Gasteiger partial charge in [-0.05, 0) is 26.0 Å². The molecule has 0 fully saturated rings. The molecule has 0 bridgehead atoms. The van der Waals surface area contributed by atoms with Crippen molar-refractivity contribution in [3.05, 3.63) is 47.0 Å². The number of carbonyl (C=O) groups is 1. The van der Waals surface area contributed by atoms with Crippen molar-refractivity contribution in [2.75, 3.05) is 20.2 Å². The monoisotopic (exact) mass is 361 g/mol. The van der Waals surface area contributed by atoms with Gasteiger partial charge in [-0.3, -0.25) is 9.48 Å². The van der Waals surface area contributed by atoms with Gasteiger partial charge in [-0.25, -0.2) is 4.39 Å². The molecule has 3 rings (SSSR count). The molecule has 1 amide bonds. The SMILES string of the molecule is C[C@@H]1Cc2c(C(=O)N(C)CCOc3ccccc3F)nn(C)c2[C@H](C)O1. The lowest BCUT2D eigenvalue weighted by Crippen LogP contribution is -2.32. The van der Waals surface area contributed by atoms with E-state index >= 15 is 0 Å². The Labute approximate surface area is 152 Å². The second-order valence-electron chi connectivity index (χ2n) is 6.63. The Bertz CT molecular complexity index is 805. The summed E-state index contributed by atoms with van der Waals surface area (Å²) in [4.78, 5) is 14.4. The zero-order valence-electron chi connectivity index (χ0n) is 15.5. The first-order valence-corrected chi connectivity index (χ1v) is 8.72. The van der Waals surface area contributed by atoms with Gasteiger partial charge in [0.1, 0.15) is 6.61 Å². The number of nitrogens with zero attached hydrogens (tertiary/aromatic N) is 3. The highest BCUT2D eigenvalue weighted by molar-refractivity contribution is 5.94. The number of halogens is 1. The summed E-state index contributed by atoms with van der Waals surface area (Å²) in [6.45, 7) is 4.50. The molecule has 2 heterocycles. The van der Waals surface area contributed by atoms with E-state index in [0.29, 0.717) is 18.7 Å². The topological polar surface area (TPSA) is 56.6 Å². The molecule has 2 atom stereocenters. The Morgan fingerprint density at radius 1 is 1.42 bits per heavy atom. The summed E-state index contributed by atoms with van der Waals surface area (Å²) in [7, 11) is 3.52. The van der Waals surface area contributed by atoms with Gasteiger partial charge in [-0.1, -0.05) is 12.1 Å². The van der Waals surface area contributed by atoms with Crippen LogP contribution in [0.2, 0.25) is 0 Å². The Hall–Kier alpha value is -2.41. The highest BCUT2D eigenvalue weighted by atomic mass is 19.1. The number of ether oxygens (including phenoxy) is 2. The zero-order valence-corrected chi connectivity index (χ0v) is 15.5. The van der Waals surface area contributed by atoms with Gasteiger partial charge >= 0.3 is 0 Å². The van der Waals surface area contributed by atoms with Crippen molar-refractivity contribution >= 4 is 5.91 Å². The van der Waals surface area contributed by atoms with Crippen LogP contribution in [0.25, 0.3) is 0 Å². The van der Waals surface area contributed by atoms with Gasteiger partial charge in [0.05, 0.1) is 24.4 Å². The van der Waals surface area contributed by atoms with E-state index < -0.39 is 5.82 Å². The fraction of sp³-hybridized carbons (Fsp3) is 0.474. The molecule has 1 aromatic heterocycles. The standard InChI is InChI=1S/C19H24FN3O3/c1-12-11-14-17(21-23(4)18(14)13(2)26-12)19(24)22(3)9-10-25-16-8-6-5-7-15(16)20/h5-8,12-13H,9-11H2,1-4H3/t12-,13+/m1/s1. The van der Waals surface area contributed by atoms with Gasteiger partial charge < -0.3 is 14.4 Å².